The van der Waals surface area contributed by atoms with Crippen LogP contribution < -0.4 is 10.5 Å². The fraction of sp³-hybridized carbons (Fsp3) is 0.391. The number of anilines is 1. The number of hydrogen-bond acceptors (Lipinski definition) is 9. The van der Waals surface area contributed by atoms with Crippen molar-refractivity contribution in [3.05, 3.63) is 59.1 Å². The fourth-order valence-corrected chi connectivity index (χ4v) is 6.28. The van der Waals surface area contributed by atoms with Crippen LogP contribution in [-0.2, 0) is 13.6 Å². The van der Waals surface area contributed by atoms with Gasteiger partial charge in [-0.15, -0.1) is 0 Å². The molecule has 2 atom stereocenters. The van der Waals surface area contributed by atoms with Crippen LogP contribution in [0.15, 0.2) is 46.4 Å². The maximum Gasteiger partial charge on any atom is 0.280 e. The summed E-state index contributed by atoms with van der Waals surface area (Å²) in [5, 5.41) is 5.51. The van der Waals surface area contributed by atoms with Crippen molar-refractivity contribution in [2.24, 2.45) is 7.05 Å². The van der Waals surface area contributed by atoms with Crippen molar-refractivity contribution in [3.63, 3.8) is 0 Å². The predicted octanol–water partition coefficient (Wildman–Crippen LogP) is 3.09. The van der Waals surface area contributed by atoms with Crippen LogP contribution in [0.25, 0.3) is 21.3 Å². The molecule has 0 aliphatic carbocycles. The van der Waals surface area contributed by atoms with E-state index in [1.807, 2.05) is 6.20 Å². The molecule has 10 nitrogen and oxygen atoms in total. The van der Waals surface area contributed by atoms with Gasteiger partial charge in [-0.05, 0) is 55.4 Å². The maximum atomic E-state index is 12.8. The Hall–Kier alpha value is -3.60. The highest BCUT2D eigenvalue weighted by atomic mass is 32.1. The van der Waals surface area contributed by atoms with E-state index >= 15 is 0 Å². The summed E-state index contributed by atoms with van der Waals surface area (Å²) in [6, 6.07) is 7.60. The highest BCUT2D eigenvalue weighted by molar-refractivity contribution is 7.13. The van der Waals surface area contributed by atoms with Gasteiger partial charge >= 0.3 is 0 Å². The largest absolute Gasteiger partial charge is 0.365 e. The molecule has 1 aromatic carbocycles. The Balaban J connectivity index is 1.11. The minimum absolute atomic E-state index is 0.172. The van der Waals surface area contributed by atoms with Crippen LogP contribution >= 0.6 is 11.5 Å². The van der Waals surface area contributed by atoms with Crippen LogP contribution in [-0.4, -0.2) is 45.7 Å². The Labute approximate surface area is 198 Å². The molecule has 4 aromatic heterocycles. The standard InChI is InChI=1S/C23H22N8O2S/c1-29-11-24-22-20(29)23(32)30(12-25-22)10-19-27-21(28-33-19)13-6-15-2-3-16(7-13)31(15)17-4-5-18-14(8-17)9-26-34-18/h4-5,8-9,11-13,15-16H,2-3,6-7,10H2,1H3. The monoisotopic (exact) mass is 474 g/mol. The van der Waals surface area contributed by atoms with E-state index in [1.54, 1.807) is 17.9 Å². The molecule has 0 radical (unpaired) electrons. The van der Waals surface area contributed by atoms with Gasteiger partial charge in [-0.2, -0.15) is 9.36 Å². The van der Waals surface area contributed by atoms with E-state index in [0.717, 1.165) is 18.7 Å². The zero-order valence-electron chi connectivity index (χ0n) is 18.5. The number of hydrogen-bond donors (Lipinski definition) is 0. The smallest absolute Gasteiger partial charge is 0.280 e. The average molecular weight is 475 g/mol. The lowest BCUT2D eigenvalue weighted by molar-refractivity contribution is 0.348. The van der Waals surface area contributed by atoms with Crippen LogP contribution in [0, 0.1) is 0 Å². The second-order valence-corrected chi connectivity index (χ2v) is 10.1. The Morgan fingerprint density at radius 1 is 1.15 bits per heavy atom. The lowest BCUT2D eigenvalue weighted by Gasteiger charge is -2.39. The summed E-state index contributed by atoms with van der Waals surface area (Å²) >= 11 is 1.54. The fourth-order valence-electron chi connectivity index (χ4n) is 5.66. The minimum Gasteiger partial charge on any atom is -0.365 e. The van der Waals surface area contributed by atoms with E-state index in [2.05, 4.69) is 47.6 Å². The number of piperidine rings is 1. The van der Waals surface area contributed by atoms with Crippen LogP contribution in [0.1, 0.15) is 43.3 Å². The number of aryl methyl sites for hydroxylation is 1. The van der Waals surface area contributed by atoms with Gasteiger partial charge in [-0.3, -0.25) is 9.36 Å². The first kappa shape index (κ1) is 19.8. The molecule has 11 heteroatoms. The van der Waals surface area contributed by atoms with Gasteiger partial charge in [0.1, 0.15) is 12.9 Å². The second kappa shape index (κ2) is 7.45. The van der Waals surface area contributed by atoms with Gasteiger partial charge in [0.25, 0.3) is 5.56 Å². The minimum atomic E-state index is -0.172. The van der Waals surface area contributed by atoms with Gasteiger partial charge in [-0.25, -0.2) is 9.97 Å². The third-order valence-electron chi connectivity index (χ3n) is 7.22. The summed E-state index contributed by atoms with van der Waals surface area (Å²) in [4.78, 5) is 28.5. The number of imidazole rings is 1. The number of nitrogens with zero attached hydrogens (tertiary/aromatic N) is 8. The molecule has 0 saturated carbocycles. The zero-order valence-corrected chi connectivity index (χ0v) is 19.4. The predicted molar refractivity (Wildman–Crippen MR) is 127 cm³/mol. The average Bonchev–Trinajstić information content (AvgIpc) is 3.62. The molecule has 2 aliphatic heterocycles. The van der Waals surface area contributed by atoms with E-state index in [0.29, 0.717) is 29.1 Å². The zero-order chi connectivity index (χ0) is 22.8. The molecule has 2 fully saturated rings. The summed E-state index contributed by atoms with van der Waals surface area (Å²) in [6.45, 7) is 0.195. The number of rotatable bonds is 4. The SMILES string of the molecule is Cn1cnc2ncn(Cc3nc(C4CC5CCC(C4)N5c4ccc5sncc5c4)no3)c(=O)c21. The topological polar surface area (TPSA) is 108 Å². The molecule has 0 amide bonds. The van der Waals surface area contributed by atoms with Crippen LogP contribution in [0.3, 0.4) is 0 Å². The van der Waals surface area contributed by atoms with Gasteiger partial charge in [0.05, 0.1) is 11.0 Å². The second-order valence-electron chi connectivity index (χ2n) is 9.26. The molecule has 0 N–H and O–H groups in total. The Morgan fingerprint density at radius 2 is 1.97 bits per heavy atom. The van der Waals surface area contributed by atoms with Gasteiger partial charge in [0.2, 0.25) is 5.89 Å². The molecule has 2 unspecified atom stereocenters. The van der Waals surface area contributed by atoms with Crippen molar-refractivity contribution in [2.75, 3.05) is 4.90 Å². The van der Waals surface area contributed by atoms with Gasteiger partial charge in [0, 0.05) is 42.3 Å². The molecule has 2 aliphatic rings. The molecule has 6 heterocycles. The van der Waals surface area contributed by atoms with Crippen molar-refractivity contribution >= 4 is 38.5 Å². The van der Waals surface area contributed by atoms with Gasteiger partial charge in [0.15, 0.2) is 17.0 Å². The summed E-state index contributed by atoms with van der Waals surface area (Å²) in [7, 11) is 1.78. The van der Waals surface area contributed by atoms with Crippen molar-refractivity contribution in [3.8, 4) is 0 Å². The third-order valence-corrected chi connectivity index (χ3v) is 8.00. The molecular formula is C23H22N8O2S. The molecule has 172 valence electrons. The van der Waals surface area contributed by atoms with Gasteiger partial charge in [-0.1, -0.05) is 5.16 Å². The number of benzene rings is 1. The first-order chi connectivity index (χ1) is 16.6. The summed E-state index contributed by atoms with van der Waals surface area (Å²) in [6.07, 6.45) is 9.38. The maximum absolute atomic E-state index is 12.8. The highest BCUT2D eigenvalue weighted by Crippen LogP contribution is 2.45. The quantitative estimate of drug-likeness (QED) is 0.391. The van der Waals surface area contributed by atoms with E-state index < -0.39 is 0 Å². The Bertz CT molecular complexity index is 1570. The molecular weight excluding hydrogens is 452 g/mol. The van der Waals surface area contributed by atoms with Crippen LogP contribution in [0.4, 0.5) is 5.69 Å². The molecule has 7 rings (SSSR count). The first-order valence-corrected chi connectivity index (χ1v) is 12.2. The summed E-state index contributed by atoms with van der Waals surface area (Å²) in [5.41, 5.74) is 2.01. The summed E-state index contributed by atoms with van der Waals surface area (Å²) < 4.78 is 14.3. The van der Waals surface area contributed by atoms with Crippen molar-refractivity contribution in [1.82, 2.24) is 33.6 Å². The molecule has 5 aromatic rings. The molecule has 34 heavy (non-hydrogen) atoms. The highest BCUT2D eigenvalue weighted by Gasteiger charge is 2.42. The Kier molecular flexibility index (Phi) is 4.35. The molecule has 2 bridgehead atoms. The van der Waals surface area contributed by atoms with E-state index in [9.17, 15) is 4.79 Å². The Morgan fingerprint density at radius 3 is 2.82 bits per heavy atom. The normalized spacial score (nSPS) is 22.3. The van der Waals surface area contributed by atoms with E-state index in [4.69, 9.17) is 4.52 Å². The number of fused-ring (bicyclic) bond motifs is 4. The lowest BCUT2D eigenvalue weighted by atomic mass is 9.89. The van der Waals surface area contributed by atoms with Crippen LogP contribution in [0.2, 0.25) is 0 Å². The number of aromatic nitrogens is 7. The van der Waals surface area contributed by atoms with Crippen molar-refractivity contribution in [1.29, 1.82) is 0 Å². The van der Waals surface area contributed by atoms with Crippen LogP contribution in [0.5, 0.6) is 0 Å². The lowest BCUT2D eigenvalue weighted by Crippen LogP contribution is -2.42. The first-order valence-electron chi connectivity index (χ1n) is 11.5. The summed E-state index contributed by atoms with van der Waals surface area (Å²) in [5.74, 6) is 1.42. The van der Waals surface area contributed by atoms with E-state index in [1.165, 1.54) is 51.0 Å². The van der Waals surface area contributed by atoms with Crippen molar-refractivity contribution < 1.29 is 4.52 Å². The van der Waals surface area contributed by atoms with E-state index in [-0.39, 0.29) is 18.0 Å². The van der Waals surface area contributed by atoms with Crippen molar-refractivity contribution in [2.45, 2.75) is 50.2 Å². The third kappa shape index (κ3) is 3.07. The molecule has 2 saturated heterocycles. The molecule has 0 spiro atoms. The van der Waals surface area contributed by atoms with Gasteiger partial charge < -0.3 is 14.0 Å².